The molecule has 144 valence electrons. The van der Waals surface area contributed by atoms with E-state index in [1.54, 1.807) is 6.92 Å². The first kappa shape index (κ1) is 21.5. The van der Waals surface area contributed by atoms with Crippen molar-refractivity contribution in [2.45, 2.75) is 49.0 Å². The van der Waals surface area contributed by atoms with Crippen molar-refractivity contribution in [1.29, 1.82) is 0 Å². The number of aromatic carboxylic acids is 1. The first-order chi connectivity index (χ1) is 12.1. The number of rotatable bonds is 5. The molecular formula is C15H18Cl3N3O3S2. The van der Waals surface area contributed by atoms with E-state index in [2.05, 4.69) is 16.0 Å². The molecule has 0 aliphatic heterocycles. The molecule has 1 atom stereocenters. The molecule has 0 aromatic carbocycles. The zero-order valence-corrected chi connectivity index (χ0v) is 17.7. The van der Waals surface area contributed by atoms with Gasteiger partial charge in [-0.15, -0.1) is 11.3 Å². The minimum Gasteiger partial charge on any atom is -0.478 e. The topological polar surface area (TPSA) is 90.5 Å². The van der Waals surface area contributed by atoms with Gasteiger partial charge in [0.15, 0.2) is 5.11 Å². The molecule has 1 aromatic rings. The first-order valence-corrected chi connectivity index (χ1v) is 10.3. The summed E-state index contributed by atoms with van der Waals surface area (Å²) < 4.78 is -1.85. The highest BCUT2D eigenvalue weighted by Gasteiger charge is 2.35. The molecule has 0 saturated carbocycles. The number of fused-ring (bicyclic) bond motifs is 1. The van der Waals surface area contributed by atoms with Crippen molar-refractivity contribution in [1.82, 2.24) is 10.6 Å². The van der Waals surface area contributed by atoms with Crippen LogP contribution in [0.5, 0.6) is 0 Å². The molecule has 1 amide bonds. The number of carboxylic acid groups (broad SMARTS) is 1. The lowest BCUT2D eigenvalue weighted by molar-refractivity contribution is -0.121. The SMILES string of the molecule is CCC(=O)NC(NC(=S)Nc1sc2c(c1C(=O)O)CCCC2)C(Cl)(Cl)Cl. The Hall–Kier alpha value is -0.800. The van der Waals surface area contributed by atoms with Crippen molar-refractivity contribution in [3.8, 4) is 0 Å². The quantitative estimate of drug-likeness (QED) is 0.304. The summed E-state index contributed by atoms with van der Waals surface area (Å²) in [6.07, 6.45) is 2.73. The van der Waals surface area contributed by atoms with Crippen molar-refractivity contribution in [3.05, 3.63) is 16.0 Å². The second-order valence-corrected chi connectivity index (χ2v) is 9.60. The standard InChI is InChI=1S/C15H18Cl3N3O3S2/c1-2-9(22)19-13(15(16,17)18)21-14(25)20-11-10(12(23)24)7-5-3-4-6-8(7)26-11/h13H,2-6H2,1H3,(H,19,22)(H,23,24)(H2,20,21,25). The molecule has 1 aromatic heterocycles. The van der Waals surface area contributed by atoms with Gasteiger partial charge in [-0.2, -0.15) is 0 Å². The van der Waals surface area contributed by atoms with Crippen LogP contribution in [0.3, 0.4) is 0 Å². The van der Waals surface area contributed by atoms with Crippen molar-refractivity contribution in [3.63, 3.8) is 0 Å². The van der Waals surface area contributed by atoms with Gasteiger partial charge in [-0.1, -0.05) is 41.7 Å². The lowest BCUT2D eigenvalue weighted by atomic mass is 9.95. The van der Waals surface area contributed by atoms with Crippen LogP contribution >= 0.6 is 58.4 Å². The molecule has 2 rings (SSSR count). The molecule has 1 aliphatic rings. The van der Waals surface area contributed by atoms with E-state index < -0.39 is 15.9 Å². The molecule has 26 heavy (non-hydrogen) atoms. The number of hydrogen-bond donors (Lipinski definition) is 4. The highest BCUT2D eigenvalue weighted by Crippen LogP contribution is 2.38. The number of carbonyl (C=O) groups is 2. The molecule has 0 bridgehead atoms. The fraction of sp³-hybridized carbons (Fsp3) is 0.533. The molecular weight excluding hydrogens is 441 g/mol. The number of nitrogens with one attached hydrogen (secondary N) is 3. The van der Waals surface area contributed by atoms with Gasteiger partial charge >= 0.3 is 5.97 Å². The Bertz CT molecular complexity index is 719. The fourth-order valence-electron chi connectivity index (χ4n) is 2.61. The van der Waals surface area contributed by atoms with E-state index in [0.29, 0.717) is 5.00 Å². The van der Waals surface area contributed by atoms with E-state index in [4.69, 9.17) is 47.0 Å². The Kier molecular flexibility index (Phi) is 7.38. The van der Waals surface area contributed by atoms with Crippen LogP contribution in [0.15, 0.2) is 0 Å². The summed E-state index contributed by atoms with van der Waals surface area (Å²) >= 11 is 24.2. The smallest absolute Gasteiger partial charge is 0.339 e. The van der Waals surface area contributed by atoms with E-state index in [0.717, 1.165) is 36.1 Å². The number of alkyl halides is 3. The normalized spacial score (nSPS) is 14.9. The Morgan fingerprint density at radius 1 is 1.27 bits per heavy atom. The number of hydrogen-bond acceptors (Lipinski definition) is 4. The second-order valence-electron chi connectivity index (χ2n) is 5.71. The molecule has 0 fully saturated rings. The Morgan fingerprint density at radius 3 is 2.50 bits per heavy atom. The number of amides is 1. The van der Waals surface area contributed by atoms with Gasteiger partial charge in [-0.05, 0) is 43.5 Å². The molecule has 1 aliphatic carbocycles. The third kappa shape index (κ3) is 5.36. The maximum Gasteiger partial charge on any atom is 0.339 e. The van der Waals surface area contributed by atoms with Gasteiger partial charge in [-0.3, -0.25) is 4.79 Å². The lowest BCUT2D eigenvalue weighted by Crippen LogP contribution is -2.56. The van der Waals surface area contributed by atoms with Crippen LogP contribution in [0, 0.1) is 0 Å². The number of anilines is 1. The average molecular weight is 459 g/mol. The van der Waals surface area contributed by atoms with Crippen LogP contribution in [0.1, 0.15) is 47.0 Å². The van der Waals surface area contributed by atoms with E-state index in [1.807, 2.05) is 0 Å². The second kappa shape index (κ2) is 8.93. The Balaban J connectivity index is 2.17. The molecule has 1 heterocycles. The molecule has 0 radical (unpaired) electrons. The number of thiophene rings is 1. The number of halogens is 3. The zero-order chi connectivity index (χ0) is 19.5. The van der Waals surface area contributed by atoms with Gasteiger partial charge in [0, 0.05) is 11.3 Å². The molecule has 11 heteroatoms. The fourth-order valence-corrected chi connectivity index (χ4v) is 4.51. The molecule has 0 saturated heterocycles. The minimum atomic E-state index is -1.85. The van der Waals surface area contributed by atoms with E-state index in [9.17, 15) is 14.7 Å². The van der Waals surface area contributed by atoms with Crippen LogP contribution in [0.2, 0.25) is 0 Å². The maximum absolute atomic E-state index is 11.7. The van der Waals surface area contributed by atoms with Crippen molar-refractivity contribution in [2.24, 2.45) is 0 Å². The number of aryl methyl sites for hydroxylation is 1. The zero-order valence-electron chi connectivity index (χ0n) is 13.8. The highest BCUT2D eigenvalue weighted by molar-refractivity contribution is 7.80. The largest absolute Gasteiger partial charge is 0.478 e. The van der Waals surface area contributed by atoms with Crippen molar-refractivity contribution < 1.29 is 14.7 Å². The molecule has 6 nitrogen and oxygen atoms in total. The molecule has 4 N–H and O–H groups in total. The minimum absolute atomic E-state index is 0.0545. The molecule has 1 unspecified atom stereocenters. The monoisotopic (exact) mass is 457 g/mol. The summed E-state index contributed by atoms with van der Waals surface area (Å²) in [6.45, 7) is 1.66. The van der Waals surface area contributed by atoms with Gasteiger partial charge in [0.1, 0.15) is 11.2 Å². The van der Waals surface area contributed by atoms with Crippen LogP contribution in [0.25, 0.3) is 0 Å². The van der Waals surface area contributed by atoms with Crippen LogP contribution < -0.4 is 16.0 Å². The third-order valence-corrected chi connectivity index (χ3v) is 5.92. The Morgan fingerprint density at radius 2 is 1.92 bits per heavy atom. The van der Waals surface area contributed by atoms with E-state index in [-0.39, 0.29) is 23.0 Å². The summed E-state index contributed by atoms with van der Waals surface area (Å²) in [5.74, 6) is -1.33. The van der Waals surface area contributed by atoms with E-state index in [1.165, 1.54) is 11.3 Å². The van der Waals surface area contributed by atoms with Crippen molar-refractivity contribution in [2.75, 3.05) is 5.32 Å². The average Bonchev–Trinajstić information content (AvgIpc) is 2.90. The van der Waals surface area contributed by atoms with Crippen LogP contribution in [0.4, 0.5) is 5.00 Å². The maximum atomic E-state index is 11.7. The van der Waals surface area contributed by atoms with Gasteiger partial charge in [-0.25, -0.2) is 4.79 Å². The number of carboxylic acids is 1. The third-order valence-electron chi connectivity index (χ3n) is 3.84. The molecule has 0 spiro atoms. The Labute approximate surface area is 175 Å². The number of thiocarbonyl (C=S) groups is 1. The summed E-state index contributed by atoms with van der Waals surface area (Å²) in [7, 11) is 0. The van der Waals surface area contributed by atoms with E-state index >= 15 is 0 Å². The van der Waals surface area contributed by atoms with Crippen LogP contribution in [-0.4, -0.2) is 32.1 Å². The summed E-state index contributed by atoms with van der Waals surface area (Å²) in [5.41, 5.74) is 1.09. The van der Waals surface area contributed by atoms with Gasteiger partial charge in [0.2, 0.25) is 9.70 Å². The number of carbonyl (C=O) groups excluding carboxylic acids is 1. The predicted octanol–water partition coefficient (Wildman–Crippen LogP) is 3.83. The first-order valence-electron chi connectivity index (χ1n) is 7.94. The predicted molar refractivity (Wildman–Crippen MR) is 110 cm³/mol. The highest BCUT2D eigenvalue weighted by atomic mass is 35.6. The summed E-state index contributed by atoms with van der Waals surface area (Å²) in [6, 6.07) is 0. The van der Waals surface area contributed by atoms with Crippen molar-refractivity contribution >= 4 is 80.3 Å². The summed E-state index contributed by atoms with van der Waals surface area (Å²) in [5, 5.41) is 18.2. The van der Waals surface area contributed by atoms with Gasteiger partial charge in [0.25, 0.3) is 0 Å². The lowest BCUT2D eigenvalue weighted by Gasteiger charge is -2.27. The van der Waals surface area contributed by atoms with Gasteiger partial charge in [0.05, 0.1) is 5.56 Å². The van der Waals surface area contributed by atoms with Gasteiger partial charge < -0.3 is 21.1 Å². The summed E-state index contributed by atoms with van der Waals surface area (Å²) in [4.78, 5) is 24.4. The van der Waals surface area contributed by atoms with Crippen LogP contribution in [-0.2, 0) is 17.6 Å².